The Balaban J connectivity index is 1.32. The van der Waals surface area contributed by atoms with Gasteiger partial charge in [-0.15, -0.1) is 0 Å². The number of hydrogen-bond acceptors (Lipinski definition) is 5. The number of rotatable bonds is 5. The number of nitrogens with one attached hydrogen (secondary N) is 2. The zero-order valence-corrected chi connectivity index (χ0v) is 15.0. The van der Waals surface area contributed by atoms with Gasteiger partial charge in [0.15, 0.2) is 0 Å². The van der Waals surface area contributed by atoms with E-state index in [-0.39, 0.29) is 12.1 Å². The van der Waals surface area contributed by atoms with Crippen LogP contribution in [0.4, 0.5) is 4.79 Å². The molecule has 0 bridgehead atoms. The molecule has 0 atom stereocenters. The zero-order valence-electron chi connectivity index (χ0n) is 15.0. The summed E-state index contributed by atoms with van der Waals surface area (Å²) in [4.78, 5) is 11.7. The zero-order chi connectivity index (χ0) is 17.2. The van der Waals surface area contributed by atoms with Crippen LogP contribution in [-0.2, 0) is 24.1 Å². The average molecular weight is 335 g/mol. The van der Waals surface area contributed by atoms with Crippen LogP contribution in [0, 0.1) is 5.92 Å². The lowest BCUT2D eigenvalue weighted by Gasteiger charge is -2.36. The molecule has 6 nitrogen and oxygen atoms in total. The molecule has 1 aromatic heterocycles. The van der Waals surface area contributed by atoms with Gasteiger partial charge in [-0.2, -0.15) is 0 Å². The SMILES string of the molecule is CC(C)(C)OC(=O)NC1CC(CNCc2noc3c2CCCC3)C1. The number of carbonyl (C=O) groups is 1. The number of aryl methyl sites for hydroxylation is 1. The van der Waals surface area contributed by atoms with Gasteiger partial charge in [-0.1, -0.05) is 5.16 Å². The third kappa shape index (κ3) is 4.50. The molecule has 1 aromatic rings. The fourth-order valence-electron chi connectivity index (χ4n) is 3.48. The summed E-state index contributed by atoms with van der Waals surface area (Å²) in [6.45, 7) is 7.36. The smallest absolute Gasteiger partial charge is 0.407 e. The lowest BCUT2D eigenvalue weighted by Crippen LogP contribution is -2.48. The van der Waals surface area contributed by atoms with E-state index in [1.807, 2.05) is 20.8 Å². The molecule has 24 heavy (non-hydrogen) atoms. The highest BCUT2D eigenvalue weighted by molar-refractivity contribution is 5.68. The summed E-state index contributed by atoms with van der Waals surface area (Å²) in [5.41, 5.74) is 1.96. The van der Waals surface area contributed by atoms with Gasteiger partial charge in [0.1, 0.15) is 17.1 Å². The van der Waals surface area contributed by atoms with Crippen LogP contribution in [0.5, 0.6) is 0 Å². The summed E-state index contributed by atoms with van der Waals surface area (Å²) >= 11 is 0. The normalized spacial score (nSPS) is 23.3. The molecule has 0 radical (unpaired) electrons. The summed E-state index contributed by atoms with van der Waals surface area (Å²) in [5.74, 6) is 1.69. The molecular weight excluding hydrogens is 306 g/mol. The Bertz CT molecular complexity index is 571. The van der Waals surface area contributed by atoms with Gasteiger partial charge in [0.2, 0.25) is 0 Å². The molecule has 1 saturated carbocycles. The number of aromatic nitrogens is 1. The minimum Gasteiger partial charge on any atom is -0.444 e. The lowest BCUT2D eigenvalue weighted by atomic mass is 9.80. The number of amides is 1. The molecule has 2 N–H and O–H groups in total. The molecule has 2 aliphatic carbocycles. The predicted molar refractivity (Wildman–Crippen MR) is 90.7 cm³/mol. The second-order valence-electron chi connectivity index (χ2n) is 8.05. The molecule has 0 aromatic carbocycles. The first-order valence-electron chi connectivity index (χ1n) is 9.07. The van der Waals surface area contributed by atoms with Gasteiger partial charge in [-0.05, 0) is 65.3 Å². The molecule has 6 heteroatoms. The summed E-state index contributed by atoms with van der Waals surface area (Å²) in [5, 5.41) is 10.6. The molecule has 1 heterocycles. The molecule has 0 saturated heterocycles. The van der Waals surface area contributed by atoms with Crippen molar-refractivity contribution in [3.8, 4) is 0 Å². The van der Waals surface area contributed by atoms with Crippen molar-refractivity contribution in [2.24, 2.45) is 5.92 Å². The second kappa shape index (κ2) is 7.13. The van der Waals surface area contributed by atoms with E-state index in [9.17, 15) is 4.79 Å². The molecule has 3 rings (SSSR count). The van der Waals surface area contributed by atoms with Crippen molar-refractivity contribution in [2.45, 2.75) is 77.5 Å². The Labute approximate surface area is 143 Å². The number of carbonyl (C=O) groups excluding carboxylic acids is 1. The lowest BCUT2D eigenvalue weighted by molar-refractivity contribution is 0.0452. The Morgan fingerprint density at radius 3 is 2.79 bits per heavy atom. The first kappa shape index (κ1) is 17.3. The van der Waals surface area contributed by atoms with Gasteiger partial charge in [0.25, 0.3) is 0 Å². The maximum atomic E-state index is 11.7. The van der Waals surface area contributed by atoms with Crippen molar-refractivity contribution in [1.29, 1.82) is 0 Å². The monoisotopic (exact) mass is 335 g/mol. The third-order valence-electron chi connectivity index (χ3n) is 4.71. The molecule has 0 spiro atoms. The van der Waals surface area contributed by atoms with Crippen molar-refractivity contribution >= 4 is 6.09 Å². The first-order chi connectivity index (χ1) is 11.4. The second-order valence-corrected chi connectivity index (χ2v) is 8.05. The van der Waals surface area contributed by atoms with Crippen LogP contribution >= 0.6 is 0 Å². The standard InChI is InChI=1S/C18H29N3O3/c1-18(2,3)23-17(22)20-13-8-12(9-13)10-19-11-15-14-6-4-5-7-16(14)24-21-15/h12-13,19H,4-11H2,1-3H3,(H,20,22). The molecule has 0 unspecified atom stereocenters. The van der Waals surface area contributed by atoms with Crippen LogP contribution in [0.15, 0.2) is 4.52 Å². The fraction of sp³-hybridized carbons (Fsp3) is 0.778. The maximum Gasteiger partial charge on any atom is 0.407 e. The number of ether oxygens (including phenoxy) is 1. The Kier molecular flexibility index (Phi) is 5.13. The van der Waals surface area contributed by atoms with E-state index < -0.39 is 5.60 Å². The highest BCUT2D eigenvalue weighted by Gasteiger charge is 2.31. The van der Waals surface area contributed by atoms with Crippen LogP contribution in [-0.4, -0.2) is 29.4 Å². The van der Waals surface area contributed by atoms with Crippen LogP contribution in [0.1, 0.15) is 63.5 Å². The van der Waals surface area contributed by atoms with E-state index in [2.05, 4.69) is 15.8 Å². The minimum absolute atomic E-state index is 0.242. The average Bonchev–Trinajstić information content (AvgIpc) is 2.86. The van der Waals surface area contributed by atoms with Gasteiger partial charge < -0.3 is 19.9 Å². The van der Waals surface area contributed by atoms with E-state index in [0.717, 1.165) is 50.2 Å². The van der Waals surface area contributed by atoms with Crippen molar-refractivity contribution in [3.63, 3.8) is 0 Å². The quantitative estimate of drug-likeness (QED) is 0.865. The molecule has 0 aliphatic heterocycles. The summed E-state index contributed by atoms with van der Waals surface area (Å²) in [6, 6.07) is 0.242. The number of alkyl carbamates (subject to hydrolysis) is 1. The fourth-order valence-corrected chi connectivity index (χ4v) is 3.48. The Morgan fingerprint density at radius 1 is 1.29 bits per heavy atom. The van der Waals surface area contributed by atoms with Crippen molar-refractivity contribution < 1.29 is 14.1 Å². The van der Waals surface area contributed by atoms with Gasteiger partial charge >= 0.3 is 6.09 Å². The largest absolute Gasteiger partial charge is 0.444 e. The summed E-state index contributed by atoms with van der Waals surface area (Å²) in [6.07, 6.45) is 6.27. The van der Waals surface area contributed by atoms with Crippen LogP contribution in [0.2, 0.25) is 0 Å². The number of fused-ring (bicyclic) bond motifs is 1. The van der Waals surface area contributed by atoms with E-state index in [0.29, 0.717) is 5.92 Å². The van der Waals surface area contributed by atoms with Crippen LogP contribution in [0.25, 0.3) is 0 Å². The summed E-state index contributed by atoms with van der Waals surface area (Å²) in [7, 11) is 0. The highest BCUT2D eigenvalue weighted by Crippen LogP contribution is 2.28. The Hall–Kier alpha value is -1.56. The van der Waals surface area contributed by atoms with E-state index in [4.69, 9.17) is 9.26 Å². The van der Waals surface area contributed by atoms with E-state index in [1.165, 1.54) is 18.4 Å². The first-order valence-corrected chi connectivity index (χ1v) is 9.07. The van der Waals surface area contributed by atoms with Crippen LogP contribution < -0.4 is 10.6 Å². The molecule has 1 amide bonds. The van der Waals surface area contributed by atoms with Crippen LogP contribution in [0.3, 0.4) is 0 Å². The van der Waals surface area contributed by atoms with Crippen molar-refractivity contribution in [1.82, 2.24) is 15.8 Å². The minimum atomic E-state index is -0.439. The topological polar surface area (TPSA) is 76.4 Å². The molecular formula is C18H29N3O3. The number of nitrogens with zero attached hydrogens (tertiary/aromatic N) is 1. The molecule has 134 valence electrons. The third-order valence-corrected chi connectivity index (χ3v) is 4.71. The maximum absolute atomic E-state index is 11.7. The number of hydrogen-bond donors (Lipinski definition) is 2. The van der Waals surface area contributed by atoms with Gasteiger partial charge in [-0.3, -0.25) is 0 Å². The van der Waals surface area contributed by atoms with Crippen molar-refractivity contribution in [2.75, 3.05) is 6.54 Å². The molecule has 2 aliphatic rings. The van der Waals surface area contributed by atoms with Crippen molar-refractivity contribution in [3.05, 3.63) is 17.0 Å². The van der Waals surface area contributed by atoms with Gasteiger partial charge in [0.05, 0.1) is 0 Å². The van der Waals surface area contributed by atoms with E-state index >= 15 is 0 Å². The summed E-state index contributed by atoms with van der Waals surface area (Å²) < 4.78 is 10.7. The highest BCUT2D eigenvalue weighted by atomic mass is 16.6. The predicted octanol–water partition coefficient (Wildman–Crippen LogP) is 2.95. The van der Waals surface area contributed by atoms with E-state index in [1.54, 1.807) is 0 Å². The Morgan fingerprint density at radius 2 is 2.04 bits per heavy atom. The molecule has 1 fully saturated rings. The van der Waals surface area contributed by atoms with Gasteiger partial charge in [0, 0.05) is 24.6 Å². The van der Waals surface area contributed by atoms with Gasteiger partial charge in [-0.25, -0.2) is 4.79 Å².